The zero-order valence-corrected chi connectivity index (χ0v) is 11.5. The number of carbonyl (C=O) groups is 3. The minimum Gasteiger partial charge on any atom is -0.481 e. The van der Waals surface area contributed by atoms with Gasteiger partial charge in [-0.25, -0.2) is 9.59 Å². The van der Waals surface area contributed by atoms with E-state index in [0.29, 0.717) is 13.0 Å². The van der Waals surface area contributed by atoms with Crippen LogP contribution >= 0.6 is 0 Å². The molecule has 0 bridgehead atoms. The second-order valence-electron chi connectivity index (χ2n) is 4.33. The zero-order chi connectivity index (χ0) is 16.4. The Bertz CT molecular complexity index is 408. The molecule has 0 aliphatic rings. The van der Waals surface area contributed by atoms with Crippen LogP contribution in [0.1, 0.15) is 25.7 Å². The molecule has 0 aromatic rings. The molecule has 0 spiro atoms. The Hall–Kier alpha value is -2.20. The summed E-state index contributed by atoms with van der Waals surface area (Å²) in [6.07, 6.45) is 0.247. The fourth-order valence-corrected chi connectivity index (χ4v) is 1.28. The van der Waals surface area contributed by atoms with Crippen LogP contribution in [0.2, 0.25) is 0 Å². The molecule has 0 saturated heterocycles. The first-order valence-corrected chi connectivity index (χ1v) is 6.28. The van der Waals surface area contributed by atoms with Gasteiger partial charge in [-0.05, 0) is 19.3 Å². The van der Waals surface area contributed by atoms with Gasteiger partial charge in [0.1, 0.15) is 12.1 Å². The van der Waals surface area contributed by atoms with E-state index in [2.05, 4.69) is 9.73 Å². The Labute approximate surface area is 121 Å². The highest BCUT2D eigenvalue weighted by atomic mass is 16.6. The Balaban J connectivity index is 4.07. The minimum absolute atomic E-state index is 0.0641. The van der Waals surface area contributed by atoms with E-state index < -0.39 is 30.0 Å². The van der Waals surface area contributed by atoms with Crippen LogP contribution in [0.4, 0.5) is 0 Å². The molecule has 2 atom stereocenters. The van der Waals surface area contributed by atoms with E-state index in [9.17, 15) is 14.4 Å². The van der Waals surface area contributed by atoms with Crippen LogP contribution in [0.5, 0.6) is 0 Å². The van der Waals surface area contributed by atoms with Gasteiger partial charge in [0.05, 0.1) is 0 Å². The van der Waals surface area contributed by atoms with Crippen LogP contribution in [-0.2, 0) is 19.1 Å². The zero-order valence-electron chi connectivity index (χ0n) is 11.5. The van der Waals surface area contributed by atoms with Crippen molar-refractivity contribution in [2.24, 2.45) is 27.9 Å². The predicted octanol–water partition coefficient (Wildman–Crippen LogP) is -2.37. The fourth-order valence-electron chi connectivity index (χ4n) is 1.28. The molecule has 0 rings (SSSR count). The summed E-state index contributed by atoms with van der Waals surface area (Å²) in [4.78, 5) is 37.0. The summed E-state index contributed by atoms with van der Waals surface area (Å²) in [6.45, 7) is 0.301. The van der Waals surface area contributed by atoms with Crippen molar-refractivity contribution < 1.29 is 24.2 Å². The predicted molar refractivity (Wildman–Crippen MR) is 73.8 cm³/mol. The van der Waals surface area contributed by atoms with Gasteiger partial charge in [-0.3, -0.25) is 9.79 Å². The highest BCUT2D eigenvalue weighted by Gasteiger charge is 2.23. The quantitative estimate of drug-likeness (QED) is 0.101. The third-order valence-electron chi connectivity index (χ3n) is 2.44. The van der Waals surface area contributed by atoms with Gasteiger partial charge in [-0.15, -0.1) is 0 Å². The lowest BCUT2D eigenvalue weighted by atomic mass is 10.1. The molecule has 10 nitrogen and oxygen atoms in total. The van der Waals surface area contributed by atoms with Crippen LogP contribution in [0.15, 0.2) is 4.99 Å². The second-order valence-corrected chi connectivity index (χ2v) is 4.33. The number of aliphatic imine (C=N–C) groups is 1. The third-order valence-corrected chi connectivity index (χ3v) is 2.44. The Morgan fingerprint density at radius 2 is 1.57 bits per heavy atom. The molecule has 9 N–H and O–H groups in total. The summed E-state index contributed by atoms with van der Waals surface area (Å²) in [6, 6.07) is -2.19. The molecule has 0 aromatic carbocycles. The van der Waals surface area contributed by atoms with Gasteiger partial charge < -0.3 is 32.8 Å². The maximum atomic E-state index is 11.5. The molecule has 0 aromatic heterocycles. The van der Waals surface area contributed by atoms with Crippen molar-refractivity contribution in [3.8, 4) is 0 Å². The number of guanidine groups is 1. The molecule has 0 radical (unpaired) electrons. The number of aliphatic carboxylic acids is 1. The summed E-state index contributed by atoms with van der Waals surface area (Å²) in [5.74, 6) is -3.08. The molecule has 120 valence electrons. The number of rotatable bonds is 9. The number of carbonyl (C=O) groups excluding carboxylic acids is 2. The van der Waals surface area contributed by atoms with Crippen molar-refractivity contribution in [1.29, 1.82) is 0 Å². The fraction of sp³-hybridized carbons (Fsp3) is 0.636. The number of carboxylic acids is 1. The first-order chi connectivity index (χ1) is 9.73. The van der Waals surface area contributed by atoms with Crippen LogP contribution in [-0.4, -0.2) is 47.6 Å². The van der Waals surface area contributed by atoms with Crippen molar-refractivity contribution >= 4 is 23.9 Å². The summed E-state index contributed by atoms with van der Waals surface area (Å²) >= 11 is 0. The molecular weight excluding hydrogens is 282 g/mol. The standard InChI is InChI=1S/C11H21N5O5/c12-6(2-1-5-16-11(14)15)9(19)21-10(20)7(13)3-4-8(17)18/h6-7H,1-5,12-13H2,(H,17,18)(H4,14,15,16)/t6-,7-/m0/s1. The Morgan fingerprint density at radius 1 is 1.05 bits per heavy atom. The number of hydrogen-bond donors (Lipinski definition) is 5. The minimum atomic E-state index is -1.18. The third kappa shape index (κ3) is 9.35. The van der Waals surface area contributed by atoms with Gasteiger partial charge in [-0.2, -0.15) is 0 Å². The molecule has 0 heterocycles. The SMILES string of the molecule is NC(N)=NCCC[C@H](N)C(=O)OC(=O)[C@@H](N)CCC(=O)O. The lowest BCUT2D eigenvalue weighted by Gasteiger charge is -2.12. The highest BCUT2D eigenvalue weighted by Crippen LogP contribution is 2.02. The van der Waals surface area contributed by atoms with Crippen LogP contribution in [0, 0.1) is 0 Å². The topological polar surface area (TPSA) is 197 Å². The number of carboxylic acid groups (broad SMARTS) is 1. The summed E-state index contributed by atoms with van der Waals surface area (Å²) in [5.41, 5.74) is 21.2. The number of ether oxygens (including phenoxy) is 1. The summed E-state index contributed by atoms with van der Waals surface area (Å²) in [5, 5.41) is 8.45. The molecule has 0 saturated carbocycles. The average molecular weight is 303 g/mol. The average Bonchev–Trinajstić information content (AvgIpc) is 2.39. The van der Waals surface area contributed by atoms with Crippen molar-refractivity contribution in [2.45, 2.75) is 37.8 Å². The van der Waals surface area contributed by atoms with Crippen molar-refractivity contribution in [3.63, 3.8) is 0 Å². The first kappa shape index (κ1) is 18.8. The number of nitrogens with zero attached hydrogens (tertiary/aromatic N) is 1. The molecule has 10 heteroatoms. The number of nitrogens with two attached hydrogens (primary N) is 4. The second kappa shape index (κ2) is 9.66. The van der Waals surface area contributed by atoms with E-state index in [4.69, 9.17) is 28.0 Å². The summed E-state index contributed by atoms with van der Waals surface area (Å²) < 4.78 is 4.48. The molecule has 0 amide bonds. The molecule has 0 unspecified atom stereocenters. The lowest BCUT2D eigenvalue weighted by molar-refractivity contribution is -0.161. The van der Waals surface area contributed by atoms with Gasteiger partial charge in [0.25, 0.3) is 0 Å². The Morgan fingerprint density at radius 3 is 2.05 bits per heavy atom. The smallest absolute Gasteiger partial charge is 0.330 e. The van der Waals surface area contributed by atoms with Gasteiger partial charge in [0.2, 0.25) is 0 Å². The van der Waals surface area contributed by atoms with Gasteiger partial charge in [-0.1, -0.05) is 0 Å². The largest absolute Gasteiger partial charge is 0.481 e. The van der Waals surface area contributed by atoms with Crippen LogP contribution in [0.25, 0.3) is 0 Å². The lowest BCUT2D eigenvalue weighted by Crippen LogP contribution is -2.39. The molecule has 0 aliphatic carbocycles. The van der Waals surface area contributed by atoms with E-state index in [1.807, 2.05) is 0 Å². The maximum absolute atomic E-state index is 11.5. The molecular formula is C11H21N5O5. The van der Waals surface area contributed by atoms with E-state index >= 15 is 0 Å². The normalized spacial score (nSPS) is 13.0. The summed E-state index contributed by atoms with van der Waals surface area (Å²) in [7, 11) is 0. The van der Waals surface area contributed by atoms with Gasteiger partial charge >= 0.3 is 17.9 Å². The van der Waals surface area contributed by atoms with Gasteiger partial charge in [0.15, 0.2) is 5.96 Å². The monoisotopic (exact) mass is 303 g/mol. The number of esters is 2. The maximum Gasteiger partial charge on any atom is 0.330 e. The van der Waals surface area contributed by atoms with Gasteiger partial charge in [0, 0.05) is 13.0 Å². The molecule has 0 fully saturated rings. The van der Waals surface area contributed by atoms with Crippen molar-refractivity contribution in [2.75, 3.05) is 6.54 Å². The van der Waals surface area contributed by atoms with E-state index in [1.54, 1.807) is 0 Å². The van der Waals surface area contributed by atoms with Crippen LogP contribution in [0.3, 0.4) is 0 Å². The molecule has 0 aliphatic heterocycles. The van der Waals surface area contributed by atoms with Crippen molar-refractivity contribution in [1.82, 2.24) is 0 Å². The first-order valence-electron chi connectivity index (χ1n) is 6.28. The highest BCUT2D eigenvalue weighted by molar-refractivity contribution is 5.90. The Kier molecular flexibility index (Phi) is 8.65. The number of hydrogen-bond acceptors (Lipinski definition) is 7. The van der Waals surface area contributed by atoms with E-state index in [1.165, 1.54) is 0 Å². The van der Waals surface area contributed by atoms with E-state index in [-0.39, 0.29) is 25.2 Å². The van der Waals surface area contributed by atoms with E-state index in [0.717, 1.165) is 0 Å². The van der Waals surface area contributed by atoms with Crippen LogP contribution < -0.4 is 22.9 Å². The van der Waals surface area contributed by atoms with Crippen molar-refractivity contribution in [3.05, 3.63) is 0 Å². The molecule has 21 heavy (non-hydrogen) atoms.